The average Bonchev–Trinajstić information content (AvgIpc) is 2.30. The predicted molar refractivity (Wildman–Crippen MR) is 60.0 cm³/mol. The van der Waals surface area contributed by atoms with Crippen LogP contribution in [0.2, 0.25) is 0 Å². The van der Waals surface area contributed by atoms with Crippen molar-refractivity contribution < 1.29 is 9.69 Å². The Labute approximate surface area is 90.9 Å². The number of carbonyl (C=O) groups is 1. The van der Waals surface area contributed by atoms with Gasteiger partial charge < -0.3 is 4.90 Å². The van der Waals surface area contributed by atoms with E-state index >= 15 is 0 Å². The molecule has 1 aromatic rings. The molecular weight excluding hydrogens is 186 g/mol. The predicted octanol–water partition coefficient (Wildman–Crippen LogP) is 0.477. The summed E-state index contributed by atoms with van der Waals surface area (Å²) in [6, 6.07) is 10.6. The zero-order valence-corrected chi connectivity index (χ0v) is 9.04. The van der Waals surface area contributed by atoms with Crippen molar-refractivity contribution in [2.75, 3.05) is 19.6 Å². The molecule has 15 heavy (non-hydrogen) atoms. The molecule has 1 heterocycles. The SMILES string of the molecule is O=C1CC[NH+](CCc2ccccc2)CC1. The lowest BCUT2D eigenvalue weighted by atomic mass is 10.1. The Morgan fingerprint density at radius 3 is 2.40 bits per heavy atom. The molecule has 1 aromatic carbocycles. The molecule has 1 saturated heterocycles. The molecule has 0 atom stereocenters. The summed E-state index contributed by atoms with van der Waals surface area (Å²) >= 11 is 0. The summed E-state index contributed by atoms with van der Waals surface area (Å²) in [6.45, 7) is 3.23. The molecule has 0 saturated carbocycles. The third-order valence-electron chi connectivity index (χ3n) is 3.12. The largest absolute Gasteiger partial charge is 0.334 e. The van der Waals surface area contributed by atoms with Crippen LogP contribution in [0.15, 0.2) is 30.3 Å². The molecule has 0 spiro atoms. The van der Waals surface area contributed by atoms with Gasteiger partial charge in [-0.25, -0.2) is 0 Å². The van der Waals surface area contributed by atoms with E-state index in [1.165, 1.54) is 5.56 Å². The molecule has 1 fully saturated rings. The van der Waals surface area contributed by atoms with Crippen molar-refractivity contribution >= 4 is 5.78 Å². The minimum Gasteiger partial charge on any atom is -0.334 e. The molecule has 1 N–H and O–H groups in total. The molecule has 0 unspecified atom stereocenters. The van der Waals surface area contributed by atoms with Crippen LogP contribution in [0.5, 0.6) is 0 Å². The average molecular weight is 204 g/mol. The normalized spacial score (nSPS) is 18.0. The summed E-state index contributed by atoms with van der Waals surface area (Å²) in [5.41, 5.74) is 1.40. The Balaban J connectivity index is 1.77. The maximum absolute atomic E-state index is 11.1. The van der Waals surface area contributed by atoms with Gasteiger partial charge >= 0.3 is 0 Å². The number of nitrogens with one attached hydrogen (secondary N) is 1. The van der Waals surface area contributed by atoms with E-state index in [1.807, 2.05) is 0 Å². The van der Waals surface area contributed by atoms with E-state index in [1.54, 1.807) is 4.90 Å². The molecule has 0 radical (unpaired) electrons. The number of quaternary nitrogens is 1. The molecule has 0 bridgehead atoms. The number of Topliss-reactive ketones (excluding diaryl/α,β-unsaturated/α-hetero) is 1. The van der Waals surface area contributed by atoms with Gasteiger partial charge in [-0.15, -0.1) is 0 Å². The minimum atomic E-state index is 0.443. The second-order valence-corrected chi connectivity index (χ2v) is 4.27. The summed E-state index contributed by atoms with van der Waals surface area (Å²) in [4.78, 5) is 12.7. The molecule has 1 aliphatic rings. The van der Waals surface area contributed by atoms with Crippen LogP contribution in [0.1, 0.15) is 18.4 Å². The molecular formula is C13H18NO+. The van der Waals surface area contributed by atoms with Crippen molar-refractivity contribution in [3.63, 3.8) is 0 Å². The van der Waals surface area contributed by atoms with E-state index in [4.69, 9.17) is 0 Å². The highest BCUT2D eigenvalue weighted by molar-refractivity contribution is 5.78. The van der Waals surface area contributed by atoms with E-state index in [0.717, 1.165) is 38.9 Å². The Morgan fingerprint density at radius 1 is 1.07 bits per heavy atom. The summed E-state index contributed by atoms with van der Waals surface area (Å²) in [6.07, 6.45) is 2.69. The summed E-state index contributed by atoms with van der Waals surface area (Å²) < 4.78 is 0. The summed E-state index contributed by atoms with van der Waals surface area (Å²) in [7, 11) is 0. The fourth-order valence-electron chi connectivity index (χ4n) is 2.10. The number of ketones is 1. The Morgan fingerprint density at radius 2 is 1.73 bits per heavy atom. The fourth-order valence-corrected chi connectivity index (χ4v) is 2.10. The second-order valence-electron chi connectivity index (χ2n) is 4.27. The van der Waals surface area contributed by atoms with Crippen LogP contribution in [0.4, 0.5) is 0 Å². The second kappa shape index (κ2) is 5.08. The smallest absolute Gasteiger partial charge is 0.144 e. The summed E-state index contributed by atoms with van der Waals surface area (Å²) in [5, 5.41) is 0. The number of rotatable bonds is 3. The quantitative estimate of drug-likeness (QED) is 0.759. The lowest BCUT2D eigenvalue weighted by molar-refractivity contribution is -0.901. The zero-order valence-electron chi connectivity index (χ0n) is 9.04. The van der Waals surface area contributed by atoms with Crippen LogP contribution in [0, 0.1) is 0 Å². The van der Waals surface area contributed by atoms with Crippen molar-refractivity contribution in [1.82, 2.24) is 0 Å². The third-order valence-corrected chi connectivity index (χ3v) is 3.12. The minimum absolute atomic E-state index is 0.443. The number of likely N-dealkylation sites (tertiary alicyclic amines) is 1. The first-order valence-corrected chi connectivity index (χ1v) is 5.74. The van der Waals surface area contributed by atoms with Crippen LogP contribution in [-0.2, 0) is 11.2 Å². The van der Waals surface area contributed by atoms with Gasteiger partial charge in [-0.3, -0.25) is 4.79 Å². The van der Waals surface area contributed by atoms with Gasteiger partial charge in [0.25, 0.3) is 0 Å². The summed E-state index contributed by atoms with van der Waals surface area (Å²) in [5.74, 6) is 0.443. The lowest BCUT2D eigenvalue weighted by Crippen LogP contribution is -3.13. The first-order chi connectivity index (χ1) is 7.34. The van der Waals surface area contributed by atoms with E-state index in [0.29, 0.717) is 5.78 Å². The molecule has 1 aliphatic heterocycles. The number of benzene rings is 1. The van der Waals surface area contributed by atoms with Crippen LogP contribution in [-0.4, -0.2) is 25.4 Å². The molecule has 2 rings (SSSR count). The van der Waals surface area contributed by atoms with Crippen LogP contribution in [0.25, 0.3) is 0 Å². The maximum Gasteiger partial charge on any atom is 0.144 e. The van der Waals surface area contributed by atoms with Crippen molar-refractivity contribution in [3.8, 4) is 0 Å². The van der Waals surface area contributed by atoms with Crippen molar-refractivity contribution in [2.45, 2.75) is 19.3 Å². The fraction of sp³-hybridized carbons (Fsp3) is 0.462. The standard InChI is InChI=1S/C13H17NO/c15-13-7-10-14(11-8-13)9-6-12-4-2-1-3-5-12/h1-5H,6-11H2/p+1. The molecule has 2 nitrogen and oxygen atoms in total. The molecule has 0 amide bonds. The number of hydrogen-bond donors (Lipinski definition) is 1. The highest BCUT2D eigenvalue weighted by Crippen LogP contribution is 1.98. The van der Waals surface area contributed by atoms with Gasteiger partial charge in [-0.1, -0.05) is 30.3 Å². The number of piperidine rings is 1. The van der Waals surface area contributed by atoms with Crippen molar-refractivity contribution in [1.29, 1.82) is 0 Å². The van der Waals surface area contributed by atoms with Gasteiger partial charge in [0.1, 0.15) is 5.78 Å². The van der Waals surface area contributed by atoms with E-state index in [2.05, 4.69) is 30.3 Å². The van der Waals surface area contributed by atoms with Gasteiger partial charge in [0.2, 0.25) is 0 Å². The van der Waals surface area contributed by atoms with Gasteiger partial charge in [-0.05, 0) is 5.56 Å². The Hall–Kier alpha value is -1.15. The van der Waals surface area contributed by atoms with Crippen LogP contribution < -0.4 is 4.90 Å². The monoisotopic (exact) mass is 204 g/mol. The molecule has 80 valence electrons. The van der Waals surface area contributed by atoms with Gasteiger partial charge in [-0.2, -0.15) is 0 Å². The van der Waals surface area contributed by atoms with E-state index in [9.17, 15) is 4.79 Å². The third kappa shape index (κ3) is 3.17. The molecule has 0 aliphatic carbocycles. The van der Waals surface area contributed by atoms with Gasteiger partial charge in [0, 0.05) is 6.42 Å². The number of hydrogen-bond acceptors (Lipinski definition) is 1. The number of carbonyl (C=O) groups excluding carboxylic acids is 1. The Bertz CT molecular complexity index is 311. The Kier molecular flexibility index (Phi) is 3.51. The van der Waals surface area contributed by atoms with E-state index < -0.39 is 0 Å². The first kappa shape index (κ1) is 10.4. The maximum atomic E-state index is 11.1. The van der Waals surface area contributed by atoms with Crippen molar-refractivity contribution in [2.24, 2.45) is 0 Å². The molecule has 2 heteroatoms. The van der Waals surface area contributed by atoms with Crippen molar-refractivity contribution in [3.05, 3.63) is 35.9 Å². The first-order valence-electron chi connectivity index (χ1n) is 5.74. The lowest BCUT2D eigenvalue weighted by Gasteiger charge is -2.22. The van der Waals surface area contributed by atoms with Crippen LogP contribution in [0.3, 0.4) is 0 Å². The molecule has 0 aromatic heterocycles. The van der Waals surface area contributed by atoms with Gasteiger partial charge in [0.05, 0.1) is 32.5 Å². The topological polar surface area (TPSA) is 21.5 Å². The highest BCUT2D eigenvalue weighted by atomic mass is 16.1. The zero-order chi connectivity index (χ0) is 10.5. The highest BCUT2D eigenvalue weighted by Gasteiger charge is 2.18. The van der Waals surface area contributed by atoms with Gasteiger partial charge in [0.15, 0.2) is 0 Å². The van der Waals surface area contributed by atoms with E-state index in [-0.39, 0.29) is 0 Å². The van der Waals surface area contributed by atoms with Crippen LogP contribution >= 0.6 is 0 Å².